The molecule has 15 heavy (non-hydrogen) atoms. The van der Waals surface area contributed by atoms with Gasteiger partial charge in [0, 0.05) is 16.8 Å². The Bertz CT molecular complexity index is 476. The number of aryl methyl sites for hydroxylation is 1. The van der Waals surface area contributed by atoms with E-state index in [2.05, 4.69) is 5.32 Å². The number of carbonyl (C=O) groups excluding carboxylic acids is 1. The highest BCUT2D eigenvalue weighted by Crippen LogP contribution is 2.25. The molecule has 7 heteroatoms. The summed E-state index contributed by atoms with van der Waals surface area (Å²) in [7, 11) is -3.83. The van der Waals surface area contributed by atoms with Crippen molar-refractivity contribution in [2.45, 2.75) is 18.7 Å². The fourth-order valence-corrected chi connectivity index (χ4v) is 3.37. The van der Waals surface area contributed by atoms with E-state index in [-0.39, 0.29) is 10.5 Å². The lowest BCUT2D eigenvalue weighted by Gasteiger charge is -2.03. The molecule has 0 aliphatic carbocycles. The summed E-state index contributed by atoms with van der Waals surface area (Å²) in [5.74, 6) is -0.411. The van der Waals surface area contributed by atoms with Crippen LogP contribution in [0.2, 0.25) is 0 Å². The number of hydrogen-bond acceptors (Lipinski definition) is 4. The van der Waals surface area contributed by atoms with Crippen LogP contribution >= 0.6 is 11.3 Å². The Morgan fingerprint density at radius 2 is 2.20 bits per heavy atom. The van der Waals surface area contributed by atoms with Crippen molar-refractivity contribution in [2.75, 3.05) is 6.54 Å². The van der Waals surface area contributed by atoms with Gasteiger partial charge in [0.15, 0.2) is 0 Å². The molecule has 1 rings (SSSR count). The third-order valence-electron chi connectivity index (χ3n) is 1.78. The third kappa shape index (κ3) is 2.55. The fourth-order valence-electron chi connectivity index (χ4n) is 1.21. The molecule has 0 saturated heterocycles. The van der Waals surface area contributed by atoms with Crippen LogP contribution in [0, 0.1) is 6.92 Å². The van der Waals surface area contributed by atoms with E-state index in [9.17, 15) is 13.2 Å². The number of sulfonamides is 1. The number of thiophene rings is 1. The zero-order valence-electron chi connectivity index (χ0n) is 8.40. The lowest BCUT2D eigenvalue weighted by molar-refractivity contribution is 0.0953. The van der Waals surface area contributed by atoms with Gasteiger partial charge in [-0.1, -0.05) is 0 Å². The average molecular weight is 248 g/mol. The molecule has 1 aromatic rings. The van der Waals surface area contributed by atoms with E-state index in [4.69, 9.17) is 5.14 Å². The first-order chi connectivity index (χ1) is 6.88. The summed E-state index contributed by atoms with van der Waals surface area (Å²) >= 11 is 1.19. The van der Waals surface area contributed by atoms with E-state index in [0.29, 0.717) is 11.4 Å². The lowest BCUT2D eigenvalue weighted by Crippen LogP contribution is -2.25. The van der Waals surface area contributed by atoms with Crippen molar-refractivity contribution in [3.8, 4) is 0 Å². The van der Waals surface area contributed by atoms with Crippen LogP contribution in [0.25, 0.3) is 0 Å². The van der Waals surface area contributed by atoms with Crippen LogP contribution in [-0.4, -0.2) is 20.9 Å². The van der Waals surface area contributed by atoms with Crippen LogP contribution in [0.15, 0.2) is 10.3 Å². The van der Waals surface area contributed by atoms with Crippen LogP contribution in [0.3, 0.4) is 0 Å². The number of carbonyl (C=O) groups is 1. The molecule has 0 aliphatic rings. The van der Waals surface area contributed by atoms with E-state index in [1.54, 1.807) is 13.8 Å². The standard InChI is InChI=1S/C8H12N2O3S2/c1-3-10-8(11)6-4-14-5(2)7(6)15(9,12)13/h4H,3H2,1-2H3,(H,10,11)(H2,9,12,13). The summed E-state index contributed by atoms with van der Waals surface area (Å²) in [6, 6.07) is 0. The molecule has 1 amide bonds. The molecule has 0 bridgehead atoms. The highest BCUT2D eigenvalue weighted by molar-refractivity contribution is 7.89. The van der Waals surface area contributed by atoms with Gasteiger partial charge in [-0.3, -0.25) is 4.79 Å². The summed E-state index contributed by atoms with van der Waals surface area (Å²) in [6.45, 7) is 3.82. The van der Waals surface area contributed by atoms with Crippen LogP contribution in [-0.2, 0) is 10.0 Å². The zero-order chi connectivity index (χ0) is 11.6. The van der Waals surface area contributed by atoms with Crippen molar-refractivity contribution >= 4 is 27.3 Å². The molecule has 3 N–H and O–H groups in total. The first-order valence-corrected chi connectivity index (χ1v) is 6.69. The number of hydrogen-bond donors (Lipinski definition) is 2. The fraction of sp³-hybridized carbons (Fsp3) is 0.375. The molecule has 0 fully saturated rings. The quantitative estimate of drug-likeness (QED) is 0.814. The maximum atomic E-state index is 11.5. The molecular formula is C8H12N2O3S2. The van der Waals surface area contributed by atoms with Gasteiger partial charge in [-0.25, -0.2) is 13.6 Å². The summed E-state index contributed by atoms with van der Waals surface area (Å²) < 4.78 is 22.5. The van der Waals surface area contributed by atoms with Crippen LogP contribution in [0.5, 0.6) is 0 Å². The van der Waals surface area contributed by atoms with E-state index in [1.807, 2.05) is 0 Å². The molecule has 0 aromatic carbocycles. The minimum absolute atomic E-state index is 0.0709. The number of rotatable bonds is 3. The maximum Gasteiger partial charge on any atom is 0.253 e. The molecule has 0 aliphatic heterocycles. The van der Waals surface area contributed by atoms with Crippen LogP contribution in [0.1, 0.15) is 22.2 Å². The molecule has 0 radical (unpaired) electrons. The number of amides is 1. The molecule has 5 nitrogen and oxygen atoms in total. The van der Waals surface area contributed by atoms with Gasteiger partial charge in [0.1, 0.15) is 4.90 Å². The Morgan fingerprint density at radius 3 is 2.67 bits per heavy atom. The van der Waals surface area contributed by atoms with E-state index < -0.39 is 15.9 Å². The monoisotopic (exact) mass is 248 g/mol. The highest BCUT2D eigenvalue weighted by atomic mass is 32.2. The molecule has 1 aromatic heterocycles. The Labute approximate surface area is 92.3 Å². The largest absolute Gasteiger partial charge is 0.352 e. The first-order valence-electron chi connectivity index (χ1n) is 4.27. The second-order valence-corrected chi connectivity index (χ2v) is 5.52. The molecule has 0 spiro atoms. The van der Waals surface area contributed by atoms with Gasteiger partial charge in [0.2, 0.25) is 10.0 Å². The Hall–Kier alpha value is -0.920. The smallest absolute Gasteiger partial charge is 0.253 e. The molecule has 0 saturated carbocycles. The van der Waals surface area contributed by atoms with Gasteiger partial charge in [0.25, 0.3) is 5.91 Å². The highest BCUT2D eigenvalue weighted by Gasteiger charge is 2.23. The van der Waals surface area contributed by atoms with Crippen molar-refractivity contribution < 1.29 is 13.2 Å². The summed E-state index contributed by atoms with van der Waals surface area (Å²) in [5, 5.41) is 9.07. The van der Waals surface area contributed by atoms with E-state index in [1.165, 1.54) is 16.7 Å². The molecule has 84 valence electrons. The van der Waals surface area contributed by atoms with E-state index >= 15 is 0 Å². The minimum Gasteiger partial charge on any atom is -0.352 e. The predicted octanol–water partition coefficient (Wildman–Crippen LogP) is 0.454. The SMILES string of the molecule is CCNC(=O)c1csc(C)c1S(N)(=O)=O. The van der Waals surface area contributed by atoms with Crippen molar-refractivity contribution in [2.24, 2.45) is 5.14 Å². The maximum absolute atomic E-state index is 11.5. The molecule has 0 atom stereocenters. The normalized spacial score (nSPS) is 11.4. The molecular weight excluding hydrogens is 236 g/mol. The van der Waals surface area contributed by atoms with E-state index in [0.717, 1.165) is 0 Å². The zero-order valence-corrected chi connectivity index (χ0v) is 10.0. The number of primary sulfonamides is 1. The topological polar surface area (TPSA) is 89.3 Å². The van der Waals surface area contributed by atoms with Crippen molar-refractivity contribution in [3.05, 3.63) is 15.8 Å². The number of nitrogens with two attached hydrogens (primary N) is 1. The van der Waals surface area contributed by atoms with Crippen LogP contribution in [0.4, 0.5) is 0 Å². The summed E-state index contributed by atoms with van der Waals surface area (Å²) in [4.78, 5) is 12.0. The second-order valence-electron chi connectivity index (χ2n) is 2.94. The first kappa shape index (κ1) is 12.2. The second kappa shape index (κ2) is 4.30. The van der Waals surface area contributed by atoms with Gasteiger partial charge in [0.05, 0.1) is 5.56 Å². The third-order valence-corrected chi connectivity index (χ3v) is 3.92. The van der Waals surface area contributed by atoms with Gasteiger partial charge in [-0.15, -0.1) is 11.3 Å². The lowest BCUT2D eigenvalue weighted by atomic mass is 10.3. The molecule has 1 heterocycles. The minimum atomic E-state index is -3.83. The Kier molecular flexibility index (Phi) is 3.48. The predicted molar refractivity (Wildman–Crippen MR) is 58.4 cm³/mol. The van der Waals surface area contributed by atoms with Gasteiger partial charge in [-0.2, -0.15) is 0 Å². The summed E-state index contributed by atoms with van der Waals surface area (Å²) in [6.07, 6.45) is 0. The van der Waals surface area contributed by atoms with Gasteiger partial charge >= 0.3 is 0 Å². The summed E-state index contributed by atoms with van der Waals surface area (Å²) in [5.41, 5.74) is 0.127. The van der Waals surface area contributed by atoms with Gasteiger partial charge < -0.3 is 5.32 Å². The Balaban J connectivity index is 3.27. The molecule has 0 unspecified atom stereocenters. The number of nitrogens with one attached hydrogen (secondary N) is 1. The Morgan fingerprint density at radius 1 is 1.60 bits per heavy atom. The average Bonchev–Trinajstić information content (AvgIpc) is 2.46. The van der Waals surface area contributed by atoms with Crippen molar-refractivity contribution in [1.82, 2.24) is 5.32 Å². The van der Waals surface area contributed by atoms with Crippen LogP contribution < -0.4 is 10.5 Å². The van der Waals surface area contributed by atoms with Crippen molar-refractivity contribution in [1.29, 1.82) is 0 Å². The van der Waals surface area contributed by atoms with Gasteiger partial charge in [-0.05, 0) is 13.8 Å². The van der Waals surface area contributed by atoms with Crippen molar-refractivity contribution in [3.63, 3.8) is 0 Å².